The van der Waals surface area contributed by atoms with Crippen LogP contribution in [0.2, 0.25) is 0 Å². The van der Waals surface area contributed by atoms with Gasteiger partial charge in [-0.3, -0.25) is 32.9 Å². The summed E-state index contributed by atoms with van der Waals surface area (Å²) in [6.07, 6.45) is 1.66. The largest absolute Gasteiger partial charge is 0.460 e. The Hall–Kier alpha value is -1.01. The van der Waals surface area contributed by atoms with Gasteiger partial charge in [-0.25, -0.2) is 0 Å². The molecule has 3 aliphatic rings. The Balaban J connectivity index is 1.72. The maximum absolute atomic E-state index is 14.1. The van der Waals surface area contributed by atoms with Crippen LogP contribution in [0.1, 0.15) is 135 Å². The summed E-state index contributed by atoms with van der Waals surface area (Å²) in [5, 5.41) is 0. The second-order valence-corrected chi connectivity index (χ2v) is 21.9. The molecule has 3 saturated heterocycles. The smallest absolute Gasteiger partial charge is 0.396 e. The third-order valence-electron chi connectivity index (χ3n) is 11.7. The van der Waals surface area contributed by atoms with E-state index in [0.717, 1.165) is 13.1 Å². The first-order valence-electron chi connectivity index (χ1n) is 18.2. The molecule has 1 aromatic rings. The van der Waals surface area contributed by atoms with E-state index in [9.17, 15) is 18.9 Å². The van der Waals surface area contributed by atoms with Crippen LogP contribution in [0.5, 0.6) is 6.01 Å². The van der Waals surface area contributed by atoms with Crippen LogP contribution in [0.15, 0.2) is 0 Å². The molecule has 0 spiro atoms. The van der Waals surface area contributed by atoms with Gasteiger partial charge in [-0.15, -0.1) is 0 Å². The van der Waals surface area contributed by atoms with Crippen molar-refractivity contribution < 1.29 is 32.7 Å². The fourth-order valence-electron chi connectivity index (χ4n) is 9.97. The molecule has 0 amide bonds. The molecule has 0 aliphatic carbocycles. The molecule has 1 aromatic heterocycles. The third-order valence-corrected chi connectivity index (χ3v) is 14.3. The molecule has 13 nitrogen and oxygen atoms in total. The number of likely N-dealkylation sites (tertiary alicyclic amines) is 3. The Kier molecular flexibility index (Phi) is 11.4. The van der Waals surface area contributed by atoms with Crippen molar-refractivity contribution in [3.8, 4) is 6.01 Å². The summed E-state index contributed by atoms with van der Waals surface area (Å²) in [6.45, 7) is 31.1. The van der Waals surface area contributed by atoms with Gasteiger partial charge in [0, 0.05) is 46.1 Å². The van der Waals surface area contributed by atoms with Gasteiger partial charge in [-0.1, -0.05) is 13.8 Å². The van der Waals surface area contributed by atoms with Gasteiger partial charge in [0.1, 0.15) is 6.10 Å². The molecule has 0 saturated carbocycles. The highest BCUT2D eigenvalue weighted by Gasteiger charge is 2.50. The van der Waals surface area contributed by atoms with Crippen molar-refractivity contribution in [3.63, 3.8) is 0 Å². The van der Waals surface area contributed by atoms with Crippen LogP contribution in [0.25, 0.3) is 0 Å². The molecule has 2 N–H and O–H groups in total. The fraction of sp³-hybridized carbons (Fsp3) is 0.914. The molecule has 3 aliphatic heterocycles. The lowest BCUT2D eigenvalue weighted by Crippen LogP contribution is -2.61. The zero-order chi connectivity index (χ0) is 38.1. The van der Waals surface area contributed by atoms with Crippen molar-refractivity contribution in [2.75, 3.05) is 20.1 Å². The molecule has 3 fully saturated rings. The predicted molar refractivity (Wildman–Crippen MR) is 198 cm³/mol. The van der Waals surface area contributed by atoms with E-state index in [1.54, 1.807) is 0 Å². The lowest BCUT2D eigenvalue weighted by Gasteiger charge is -2.54. The summed E-state index contributed by atoms with van der Waals surface area (Å²) in [5.41, 5.74) is -2.97. The van der Waals surface area contributed by atoms with E-state index in [0.29, 0.717) is 38.5 Å². The number of nitrogens with zero attached hydrogens (tertiary/aromatic N) is 6. The first kappa shape index (κ1) is 41.7. The quantitative estimate of drug-likeness (QED) is 0.285. The molecular weight excluding hydrogens is 678 g/mol. The van der Waals surface area contributed by atoms with E-state index in [2.05, 4.69) is 134 Å². The van der Waals surface area contributed by atoms with Gasteiger partial charge in [0.15, 0.2) is 0 Å². The highest BCUT2D eigenvalue weighted by Crippen LogP contribution is 2.50. The maximum atomic E-state index is 14.1. The average Bonchev–Trinajstić information content (AvgIpc) is 2.88. The maximum Gasteiger partial charge on any atom is 0.396 e. The molecule has 0 bridgehead atoms. The van der Waals surface area contributed by atoms with Gasteiger partial charge >= 0.3 is 21.2 Å². The minimum absolute atomic E-state index is 0.240. The predicted octanol–water partition coefficient (Wildman–Crippen LogP) is 5.64. The molecule has 2 unspecified atom stereocenters. The average molecular weight is 745 g/mol. The summed E-state index contributed by atoms with van der Waals surface area (Å²) < 4.78 is 46.6. The first-order valence-corrected chi connectivity index (χ1v) is 21.4. The Morgan fingerprint density at radius 3 is 1.18 bits per heavy atom. The van der Waals surface area contributed by atoms with Crippen LogP contribution in [0.4, 0.5) is 0 Å². The standard InChI is InChI=1S/C35H66N6O7P2/c1-16-40-32(7,8)20-25(21-33(40,9)10)47-49(42,43)28-36-27(46-24-18-30(3,4)39(15)31(5,6)19-24)37-29(38-28)50(44,45)48-26-22-34(11,12)41(17-2)35(13,14)23-26/h24-26H,16-23H2,1-15H3,(H,42,43)(H,44,45). The zero-order valence-corrected chi connectivity index (χ0v) is 35.2. The molecule has 50 heavy (non-hydrogen) atoms. The number of hydrogen-bond acceptors (Lipinski definition) is 11. The molecule has 4 rings (SSSR count). The van der Waals surface area contributed by atoms with Gasteiger partial charge in [-0.2, -0.15) is 15.0 Å². The van der Waals surface area contributed by atoms with Crippen LogP contribution in [0.3, 0.4) is 0 Å². The van der Waals surface area contributed by atoms with Crippen LogP contribution in [-0.2, 0) is 18.2 Å². The molecular formula is C35H66N6O7P2. The van der Waals surface area contributed by atoms with Gasteiger partial charge in [0.25, 0.3) is 0 Å². The lowest BCUT2D eigenvalue weighted by molar-refractivity contribution is -0.0714. The van der Waals surface area contributed by atoms with Gasteiger partial charge in [-0.05, 0) is 129 Å². The van der Waals surface area contributed by atoms with Crippen molar-refractivity contribution in [1.82, 2.24) is 29.7 Å². The minimum atomic E-state index is -4.75. The number of piperidine rings is 3. The number of hydrogen-bond donors (Lipinski definition) is 2. The van der Waals surface area contributed by atoms with E-state index in [1.165, 1.54) is 0 Å². The molecule has 4 heterocycles. The highest BCUT2D eigenvalue weighted by molar-refractivity contribution is 7.62. The monoisotopic (exact) mass is 744 g/mol. The molecule has 15 heteroatoms. The van der Waals surface area contributed by atoms with Crippen LogP contribution < -0.4 is 15.9 Å². The van der Waals surface area contributed by atoms with E-state index in [-0.39, 0.29) is 45.3 Å². The van der Waals surface area contributed by atoms with Crippen molar-refractivity contribution in [3.05, 3.63) is 0 Å². The highest BCUT2D eigenvalue weighted by atomic mass is 31.2. The van der Waals surface area contributed by atoms with E-state index in [4.69, 9.17) is 13.8 Å². The fourth-order valence-corrected chi connectivity index (χ4v) is 12.2. The summed E-state index contributed by atoms with van der Waals surface area (Å²) in [4.78, 5) is 42.9. The summed E-state index contributed by atoms with van der Waals surface area (Å²) in [5.74, 6) is 0. The zero-order valence-electron chi connectivity index (χ0n) is 33.4. The first-order chi connectivity index (χ1) is 22.5. The van der Waals surface area contributed by atoms with Gasteiger partial charge in [0.2, 0.25) is 11.1 Å². The van der Waals surface area contributed by atoms with Crippen molar-refractivity contribution >= 4 is 26.3 Å². The normalized spacial score (nSPS) is 28.5. The molecule has 0 aromatic carbocycles. The SMILES string of the molecule is CCN1C(C)(C)CC(OP(=O)(O)c2nc(OC3CC(C)(C)N(C)C(C)(C)C3)nc(P(=O)(O)OC3CC(C)(C)N(CC)C(C)(C)C3)n2)CC1(C)C. The second-order valence-electron chi connectivity index (χ2n) is 18.6. The third kappa shape index (κ3) is 8.68. The van der Waals surface area contributed by atoms with Gasteiger partial charge < -0.3 is 14.5 Å². The Labute approximate surface area is 301 Å². The second kappa shape index (κ2) is 13.7. The van der Waals surface area contributed by atoms with E-state index in [1.807, 2.05) is 0 Å². The molecule has 288 valence electrons. The van der Waals surface area contributed by atoms with Crippen LogP contribution in [0, 0.1) is 0 Å². The van der Waals surface area contributed by atoms with Crippen LogP contribution >= 0.6 is 15.2 Å². The number of rotatable bonds is 10. The number of aromatic nitrogens is 3. The molecule has 2 atom stereocenters. The van der Waals surface area contributed by atoms with Crippen LogP contribution in [-0.4, -0.2) is 111 Å². The lowest BCUT2D eigenvalue weighted by atomic mass is 9.78. The van der Waals surface area contributed by atoms with E-state index >= 15 is 0 Å². The Bertz CT molecular complexity index is 1360. The Morgan fingerprint density at radius 1 is 0.580 bits per heavy atom. The van der Waals surface area contributed by atoms with Crippen molar-refractivity contribution in [1.29, 1.82) is 0 Å². The molecule has 0 radical (unpaired) electrons. The number of ether oxygens (including phenoxy) is 1. The summed E-state index contributed by atoms with van der Waals surface area (Å²) in [6, 6.07) is -0.301. The van der Waals surface area contributed by atoms with Crippen molar-refractivity contribution in [2.45, 2.75) is 187 Å². The van der Waals surface area contributed by atoms with Gasteiger partial charge in [0.05, 0.1) is 12.2 Å². The van der Waals surface area contributed by atoms with E-state index < -0.39 is 38.5 Å². The summed E-state index contributed by atoms with van der Waals surface area (Å²) in [7, 11) is -7.43. The minimum Gasteiger partial charge on any atom is -0.460 e. The topological polar surface area (TPSA) is 151 Å². The Morgan fingerprint density at radius 2 is 0.880 bits per heavy atom. The summed E-state index contributed by atoms with van der Waals surface area (Å²) >= 11 is 0. The van der Waals surface area contributed by atoms with Crippen molar-refractivity contribution in [2.24, 2.45) is 0 Å².